The first-order valence-corrected chi connectivity index (χ1v) is 6.40. The maximum atomic E-state index is 12.7. The zero-order chi connectivity index (χ0) is 15.2. The number of amides is 1. The fourth-order valence-electron chi connectivity index (χ4n) is 1.59. The van der Waals surface area contributed by atoms with Crippen molar-refractivity contribution >= 4 is 23.7 Å². The number of halogens is 2. The van der Waals surface area contributed by atoms with E-state index in [0.29, 0.717) is 21.9 Å². The second-order valence-electron chi connectivity index (χ2n) is 4.10. The predicted molar refractivity (Wildman–Crippen MR) is 79.5 cm³/mol. The Balaban J connectivity index is 2.00. The molecule has 2 rings (SSSR count). The van der Waals surface area contributed by atoms with E-state index in [0.717, 1.165) is 0 Å². The normalized spacial score (nSPS) is 10.6. The monoisotopic (exact) mass is 306 g/mol. The van der Waals surface area contributed by atoms with Crippen LogP contribution in [0, 0.1) is 5.82 Å². The summed E-state index contributed by atoms with van der Waals surface area (Å²) < 4.78 is 17.8. The van der Waals surface area contributed by atoms with E-state index in [9.17, 15) is 9.18 Å². The molecule has 0 radical (unpaired) electrons. The molecule has 2 aromatic rings. The van der Waals surface area contributed by atoms with Crippen LogP contribution in [0.3, 0.4) is 0 Å². The molecule has 0 saturated heterocycles. The lowest BCUT2D eigenvalue weighted by molar-refractivity contribution is 0.0955. The first-order chi connectivity index (χ1) is 10.1. The maximum Gasteiger partial charge on any atom is 0.271 e. The average molecular weight is 307 g/mol. The molecule has 0 bridgehead atoms. The number of carbonyl (C=O) groups is 1. The number of methoxy groups -OCH3 is 1. The summed E-state index contributed by atoms with van der Waals surface area (Å²) in [5, 5.41) is 4.27. The van der Waals surface area contributed by atoms with Gasteiger partial charge in [-0.2, -0.15) is 5.10 Å². The molecule has 0 unspecified atom stereocenters. The Morgan fingerprint density at radius 2 is 2.00 bits per heavy atom. The molecular weight excluding hydrogens is 295 g/mol. The van der Waals surface area contributed by atoms with Crippen molar-refractivity contribution in [3.63, 3.8) is 0 Å². The highest BCUT2D eigenvalue weighted by Crippen LogP contribution is 2.24. The third-order valence-electron chi connectivity index (χ3n) is 2.66. The number of hydrogen-bond acceptors (Lipinski definition) is 3. The van der Waals surface area contributed by atoms with Crippen molar-refractivity contribution in [2.24, 2.45) is 5.10 Å². The fraction of sp³-hybridized carbons (Fsp3) is 0.0667. The van der Waals surface area contributed by atoms with Gasteiger partial charge in [-0.15, -0.1) is 0 Å². The Morgan fingerprint density at radius 3 is 2.62 bits per heavy atom. The molecule has 1 amide bonds. The minimum atomic E-state index is -0.425. The minimum Gasteiger partial charge on any atom is -0.495 e. The van der Waals surface area contributed by atoms with Gasteiger partial charge in [0.05, 0.1) is 18.3 Å². The molecule has 0 fully saturated rings. The van der Waals surface area contributed by atoms with E-state index in [1.807, 2.05) is 0 Å². The lowest BCUT2D eigenvalue weighted by atomic mass is 10.2. The van der Waals surface area contributed by atoms with Gasteiger partial charge in [0, 0.05) is 5.56 Å². The van der Waals surface area contributed by atoms with Crippen LogP contribution in [0.15, 0.2) is 47.6 Å². The van der Waals surface area contributed by atoms with E-state index in [2.05, 4.69) is 10.5 Å². The zero-order valence-electron chi connectivity index (χ0n) is 11.1. The van der Waals surface area contributed by atoms with E-state index in [1.54, 1.807) is 18.2 Å². The van der Waals surface area contributed by atoms with Crippen LogP contribution in [-0.4, -0.2) is 19.2 Å². The van der Waals surface area contributed by atoms with Crippen LogP contribution in [0.5, 0.6) is 5.75 Å². The van der Waals surface area contributed by atoms with Gasteiger partial charge >= 0.3 is 0 Å². The van der Waals surface area contributed by atoms with E-state index in [4.69, 9.17) is 16.3 Å². The summed E-state index contributed by atoms with van der Waals surface area (Å²) in [7, 11) is 1.53. The number of ether oxygens (including phenoxy) is 1. The fourth-order valence-corrected chi connectivity index (χ4v) is 1.86. The van der Waals surface area contributed by atoms with Crippen molar-refractivity contribution in [1.29, 1.82) is 0 Å². The van der Waals surface area contributed by atoms with Crippen LogP contribution in [-0.2, 0) is 0 Å². The van der Waals surface area contributed by atoms with Crippen LogP contribution >= 0.6 is 11.6 Å². The second-order valence-corrected chi connectivity index (χ2v) is 4.51. The Labute approximate surface area is 126 Å². The molecule has 4 nitrogen and oxygen atoms in total. The molecule has 0 aliphatic heterocycles. The summed E-state index contributed by atoms with van der Waals surface area (Å²) in [6.07, 6.45) is 1.45. The average Bonchev–Trinajstić information content (AvgIpc) is 2.48. The van der Waals surface area contributed by atoms with Crippen LogP contribution in [0.1, 0.15) is 15.9 Å². The molecule has 2 aromatic carbocycles. The Morgan fingerprint density at radius 1 is 1.29 bits per heavy atom. The van der Waals surface area contributed by atoms with Gasteiger partial charge in [-0.1, -0.05) is 11.6 Å². The molecule has 1 N–H and O–H groups in total. The summed E-state index contributed by atoms with van der Waals surface area (Å²) in [6.45, 7) is 0. The smallest absolute Gasteiger partial charge is 0.271 e. The van der Waals surface area contributed by atoms with Gasteiger partial charge in [-0.05, 0) is 48.0 Å². The SMILES string of the molecule is COc1ccc(/C=N/NC(=O)c2ccc(F)cc2)cc1Cl. The van der Waals surface area contributed by atoms with E-state index < -0.39 is 11.7 Å². The van der Waals surface area contributed by atoms with E-state index in [-0.39, 0.29) is 0 Å². The molecule has 21 heavy (non-hydrogen) atoms. The number of nitrogens with zero attached hydrogens (tertiary/aromatic N) is 1. The molecule has 0 heterocycles. The van der Waals surface area contributed by atoms with Gasteiger partial charge in [0.2, 0.25) is 0 Å². The van der Waals surface area contributed by atoms with Crippen LogP contribution in [0.4, 0.5) is 4.39 Å². The number of rotatable bonds is 4. The largest absolute Gasteiger partial charge is 0.495 e. The Bertz CT molecular complexity index is 672. The molecule has 0 aliphatic carbocycles. The third-order valence-corrected chi connectivity index (χ3v) is 2.96. The number of hydrazone groups is 1. The summed E-state index contributed by atoms with van der Waals surface area (Å²) in [5.41, 5.74) is 3.38. The van der Waals surface area contributed by atoms with Crippen molar-refractivity contribution < 1.29 is 13.9 Å². The molecule has 0 spiro atoms. The van der Waals surface area contributed by atoms with Crippen molar-refractivity contribution in [3.8, 4) is 5.75 Å². The van der Waals surface area contributed by atoms with Crippen LogP contribution in [0.25, 0.3) is 0 Å². The Kier molecular flexibility index (Phi) is 4.90. The van der Waals surface area contributed by atoms with Gasteiger partial charge in [0.25, 0.3) is 5.91 Å². The van der Waals surface area contributed by atoms with Crippen LogP contribution in [0.2, 0.25) is 5.02 Å². The van der Waals surface area contributed by atoms with Gasteiger partial charge in [0.15, 0.2) is 0 Å². The van der Waals surface area contributed by atoms with Gasteiger partial charge in [0.1, 0.15) is 11.6 Å². The standard InChI is InChI=1S/C15H12ClFN2O2/c1-21-14-7-2-10(8-13(14)16)9-18-19-15(20)11-3-5-12(17)6-4-11/h2-9H,1H3,(H,19,20)/b18-9+. The summed E-state index contributed by atoms with van der Waals surface area (Å²) in [5.74, 6) is -0.266. The lowest BCUT2D eigenvalue weighted by Gasteiger charge is -2.03. The number of nitrogens with one attached hydrogen (secondary N) is 1. The highest BCUT2D eigenvalue weighted by molar-refractivity contribution is 6.32. The van der Waals surface area contributed by atoms with E-state index in [1.165, 1.54) is 37.6 Å². The lowest BCUT2D eigenvalue weighted by Crippen LogP contribution is -2.17. The van der Waals surface area contributed by atoms with Gasteiger partial charge in [-0.3, -0.25) is 4.79 Å². The number of carbonyl (C=O) groups excluding carboxylic acids is 1. The predicted octanol–water partition coefficient (Wildman–Crippen LogP) is 3.25. The highest BCUT2D eigenvalue weighted by Gasteiger charge is 2.04. The van der Waals surface area contributed by atoms with Crippen molar-refractivity contribution in [2.45, 2.75) is 0 Å². The molecule has 108 valence electrons. The first-order valence-electron chi connectivity index (χ1n) is 6.02. The Hall–Kier alpha value is -2.40. The van der Waals surface area contributed by atoms with E-state index >= 15 is 0 Å². The third kappa shape index (κ3) is 4.03. The molecule has 0 atom stereocenters. The topological polar surface area (TPSA) is 50.7 Å². The molecule has 0 aromatic heterocycles. The van der Waals surface area contributed by atoms with Crippen molar-refractivity contribution in [1.82, 2.24) is 5.43 Å². The molecule has 0 saturated carbocycles. The van der Waals surface area contributed by atoms with Crippen LogP contribution < -0.4 is 10.2 Å². The van der Waals surface area contributed by atoms with Crippen molar-refractivity contribution in [3.05, 3.63) is 64.4 Å². The molecule has 0 aliphatic rings. The van der Waals surface area contributed by atoms with Gasteiger partial charge < -0.3 is 4.74 Å². The second kappa shape index (κ2) is 6.85. The first kappa shape index (κ1) is 15.0. The number of hydrogen-bond donors (Lipinski definition) is 1. The summed E-state index contributed by atoms with van der Waals surface area (Å²) in [6, 6.07) is 10.3. The summed E-state index contributed by atoms with van der Waals surface area (Å²) >= 11 is 5.97. The van der Waals surface area contributed by atoms with Gasteiger partial charge in [-0.25, -0.2) is 9.82 Å². The molecule has 6 heteroatoms. The maximum absolute atomic E-state index is 12.7. The van der Waals surface area contributed by atoms with Crippen molar-refractivity contribution in [2.75, 3.05) is 7.11 Å². The number of benzene rings is 2. The minimum absolute atomic E-state index is 0.321. The molecular formula is C15H12ClFN2O2. The summed E-state index contributed by atoms with van der Waals surface area (Å²) in [4.78, 5) is 11.7. The zero-order valence-corrected chi connectivity index (χ0v) is 11.9. The quantitative estimate of drug-likeness (QED) is 0.696. The highest BCUT2D eigenvalue weighted by atomic mass is 35.5.